The van der Waals surface area contributed by atoms with E-state index in [0.717, 1.165) is 12.1 Å². The quantitative estimate of drug-likeness (QED) is 0.894. The van der Waals surface area contributed by atoms with Gasteiger partial charge in [-0.1, -0.05) is 5.16 Å². The lowest BCUT2D eigenvalue weighted by molar-refractivity contribution is 0.0685. The Morgan fingerprint density at radius 1 is 1.37 bits per heavy atom. The highest BCUT2D eigenvalue weighted by molar-refractivity contribution is 5.86. The van der Waals surface area contributed by atoms with Gasteiger partial charge in [0, 0.05) is 6.07 Å². The lowest BCUT2D eigenvalue weighted by Gasteiger charge is -2.08. The van der Waals surface area contributed by atoms with E-state index in [4.69, 9.17) is 9.63 Å². The van der Waals surface area contributed by atoms with Crippen molar-refractivity contribution in [1.82, 2.24) is 5.16 Å². The number of benzene rings is 1. The number of phenols is 1. The Hall–Kier alpha value is -2.44. The van der Waals surface area contributed by atoms with Crippen molar-refractivity contribution in [3.63, 3.8) is 0 Å². The van der Waals surface area contributed by atoms with E-state index in [-0.39, 0.29) is 17.0 Å². The minimum Gasteiger partial charge on any atom is -0.507 e. The Balaban J connectivity index is 2.58. The van der Waals surface area contributed by atoms with E-state index in [1.165, 1.54) is 6.07 Å². The highest BCUT2D eigenvalue weighted by Crippen LogP contribution is 2.38. The van der Waals surface area contributed by atoms with Crippen LogP contribution < -0.4 is 0 Å². The van der Waals surface area contributed by atoms with Gasteiger partial charge in [0.05, 0.1) is 11.1 Å². The van der Waals surface area contributed by atoms with E-state index in [9.17, 15) is 18.7 Å². The minimum atomic E-state index is -2.85. The molecule has 0 amide bonds. The first kappa shape index (κ1) is 13.0. The number of carbonyl (C=O) groups is 1. The molecule has 2 N–H and O–H groups in total. The van der Waals surface area contributed by atoms with Crippen LogP contribution in [0.3, 0.4) is 0 Å². The summed E-state index contributed by atoms with van der Waals surface area (Å²) in [4.78, 5) is 10.7. The van der Waals surface area contributed by atoms with E-state index in [1.807, 2.05) is 0 Å². The Morgan fingerprint density at radius 3 is 2.58 bits per heavy atom. The second-order valence-corrected chi connectivity index (χ2v) is 3.93. The number of aromatic carboxylic acids is 1. The molecule has 100 valence electrons. The van der Waals surface area contributed by atoms with Crippen molar-refractivity contribution in [2.24, 2.45) is 0 Å². The fraction of sp³-hybridized carbons (Fsp3) is 0.167. The van der Waals surface area contributed by atoms with E-state index < -0.39 is 23.7 Å². The zero-order chi connectivity index (χ0) is 14.2. The third-order valence-corrected chi connectivity index (χ3v) is 2.51. The average molecular weight is 269 g/mol. The number of rotatable bonds is 3. The van der Waals surface area contributed by atoms with Crippen molar-refractivity contribution in [3.05, 3.63) is 35.0 Å². The van der Waals surface area contributed by atoms with Crippen molar-refractivity contribution < 1.29 is 28.3 Å². The smallest absolute Gasteiger partial charge is 0.358 e. The molecular formula is C12H9F2NO4. The van der Waals surface area contributed by atoms with Crippen molar-refractivity contribution >= 4 is 5.97 Å². The summed E-state index contributed by atoms with van der Waals surface area (Å²) in [5.41, 5.74) is -0.440. The molecule has 0 atom stereocenters. The zero-order valence-electron chi connectivity index (χ0n) is 9.72. The van der Waals surface area contributed by atoms with Crippen molar-refractivity contribution in [1.29, 1.82) is 0 Å². The summed E-state index contributed by atoms with van der Waals surface area (Å²) in [5.74, 6) is -2.04. The van der Waals surface area contributed by atoms with Gasteiger partial charge in [-0.05, 0) is 24.6 Å². The first-order valence-electron chi connectivity index (χ1n) is 5.22. The molecule has 0 aliphatic carbocycles. The van der Waals surface area contributed by atoms with Gasteiger partial charge < -0.3 is 14.7 Å². The first-order valence-corrected chi connectivity index (χ1v) is 5.22. The maximum absolute atomic E-state index is 12.7. The van der Waals surface area contributed by atoms with E-state index in [0.29, 0.717) is 5.56 Å². The number of aryl methyl sites for hydroxylation is 1. The summed E-state index contributed by atoms with van der Waals surface area (Å²) in [7, 11) is 0. The molecule has 0 aliphatic heterocycles. The summed E-state index contributed by atoms with van der Waals surface area (Å²) in [6.45, 7) is 1.57. The van der Waals surface area contributed by atoms with Gasteiger partial charge in [-0.25, -0.2) is 13.6 Å². The van der Waals surface area contributed by atoms with Gasteiger partial charge in [-0.15, -0.1) is 0 Å². The number of hydrogen-bond donors (Lipinski definition) is 2. The van der Waals surface area contributed by atoms with E-state index in [2.05, 4.69) is 5.16 Å². The molecule has 1 heterocycles. The van der Waals surface area contributed by atoms with Gasteiger partial charge in [-0.2, -0.15) is 0 Å². The number of hydrogen-bond acceptors (Lipinski definition) is 4. The summed E-state index contributed by atoms with van der Waals surface area (Å²) in [6.07, 6.45) is -2.85. The van der Waals surface area contributed by atoms with Gasteiger partial charge in [0.2, 0.25) is 0 Å². The van der Waals surface area contributed by atoms with Gasteiger partial charge >= 0.3 is 5.97 Å². The Kier molecular flexibility index (Phi) is 3.20. The molecule has 0 unspecified atom stereocenters. The van der Waals surface area contributed by atoms with Crippen LogP contribution in [0, 0.1) is 6.92 Å². The number of halogens is 2. The van der Waals surface area contributed by atoms with Crippen LogP contribution in [0.1, 0.15) is 28.0 Å². The topological polar surface area (TPSA) is 83.6 Å². The molecule has 0 aliphatic rings. The fourth-order valence-electron chi connectivity index (χ4n) is 1.66. The number of aromatic hydroxyl groups is 1. The molecule has 7 heteroatoms. The molecule has 0 saturated carbocycles. The summed E-state index contributed by atoms with van der Waals surface area (Å²) < 4.78 is 30.2. The van der Waals surface area contributed by atoms with Crippen LogP contribution in [0.15, 0.2) is 22.7 Å². The summed E-state index contributed by atoms with van der Waals surface area (Å²) in [5, 5.41) is 21.7. The third-order valence-electron chi connectivity index (χ3n) is 2.51. The fourth-order valence-corrected chi connectivity index (χ4v) is 1.66. The van der Waals surface area contributed by atoms with Crippen LogP contribution in [-0.4, -0.2) is 21.3 Å². The molecule has 2 aromatic rings. The molecule has 1 aromatic carbocycles. The number of carboxylic acid groups (broad SMARTS) is 1. The first-order chi connectivity index (χ1) is 8.90. The summed E-state index contributed by atoms with van der Waals surface area (Å²) in [6, 6.07) is 3.62. The van der Waals surface area contributed by atoms with Crippen LogP contribution in [0.2, 0.25) is 0 Å². The Labute approximate surface area is 106 Å². The average Bonchev–Trinajstić information content (AvgIpc) is 2.80. The number of phenolic OH excluding ortho intramolecular Hbond substituents is 1. The van der Waals surface area contributed by atoms with Crippen LogP contribution in [0.4, 0.5) is 8.78 Å². The molecule has 2 rings (SSSR count). The Morgan fingerprint density at radius 2 is 2.05 bits per heavy atom. The van der Waals surface area contributed by atoms with Gasteiger partial charge in [0.1, 0.15) is 5.75 Å². The van der Waals surface area contributed by atoms with Crippen molar-refractivity contribution in [3.8, 4) is 17.1 Å². The lowest BCUT2D eigenvalue weighted by atomic mass is 10.0. The maximum atomic E-state index is 12.7. The molecule has 19 heavy (non-hydrogen) atoms. The van der Waals surface area contributed by atoms with E-state index in [1.54, 1.807) is 6.92 Å². The number of nitrogens with zero attached hydrogens (tertiary/aromatic N) is 1. The monoisotopic (exact) mass is 269 g/mol. The van der Waals surface area contributed by atoms with Crippen molar-refractivity contribution in [2.45, 2.75) is 13.3 Å². The summed E-state index contributed by atoms with van der Waals surface area (Å²) >= 11 is 0. The van der Waals surface area contributed by atoms with E-state index >= 15 is 0 Å². The minimum absolute atomic E-state index is 0.0182. The third kappa shape index (κ3) is 2.40. The van der Waals surface area contributed by atoms with Crippen LogP contribution in [0.25, 0.3) is 11.3 Å². The number of alkyl halides is 2. The highest BCUT2D eigenvalue weighted by atomic mass is 19.3. The predicted molar refractivity (Wildman–Crippen MR) is 60.3 cm³/mol. The SMILES string of the molecule is Cc1cc(-c2cc(C(=O)O)no2)c(O)c(C(F)F)c1. The largest absolute Gasteiger partial charge is 0.507 e. The molecule has 0 bridgehead atoms. The van der Waals surface area contributed by atoms with Crippen LogP contribution in [-0.2, 0) is 0 Å². The maximum Gasteiger partial charge on any atom is 0.358 e. The molecule has 1 aromatic heterocycles. The normalized spacial score (nSPS) is 10.9. The van der Waals surface area contributed by atoms with Gasteiger partial charge in [0.25, 0.3) is 6.43 Å². The van der Waals surface area contributed by atoms with Crippen LogP contribution >= 0.6 is 0 Å². The Bertz CT molecular complexity index is 637. The highest BCUT2D eigenvalue weighted by Gasteiger charge is 2.21. The van der Waals surface area contributed by atoms with Gasteiger partial charge in [0.15, 0.2) is 11.5 Å². The molecule has 0 saturated heterocycles. The predicted octanol–water partition coefficient (Wildman–Crippen LogP) is 2.99. The molecule has 0 fully saturated rings. The van der Waals surface area contributed by atoms with Gasteiger partial charge in [-0.3, -0.25) is 0 Å². The standard InChI is InChI=1S/C12H9F2NO4/c1-5-2-6(10(16)7(3-5)11(13)14)9-4-8(12(17)18)15-19-9/h2-4,11,16H,1H3,(H,17,18). The molecule has 0 spiro atoms. The molecule has 5 nitrogen and oxygen atoms in total. The van der Waals surface area contributed by atoms with Crippen LogP contribution in [0.5, 0.6) is 5.75 Å². The number of aromatic nitrogens is 1. The molecule has 0 radical (unpaired) electrons. The lowest BCUT2D eigenvalue weighted by Crippen LogP contribution is -1.94. The second kappa shape index (κ2) is 4.68. The second-order valence-electron chi connectivity index (χ2n) is 3.93. The number of carboxylic acids is 1. The molecular weight excluding hydrogens is 260 g/mol. The zero-order valence-corrected chi connectivity index (χ0v) is 9.72. The van der Waals surface area contributed by atoms with Crippen molar-refractivity contribution in [2.75, 3.05) is 0 Å².